The van der Waals surface area contributed by atoms with Gasteiger partial charge in [-0.05, 0) is 71.6 Å². The van der Waals surface area contributed by atoms with Gasteiger partial charge in [-0.2, -0.15) is 0 Å². The topological polar surface area (TPSA) is 56.5 Å². The molecule has 0 radical (unpaired) electrons. The molecular weight excluding hydrogens is 671 g/mol. The lowest BCUT2D eigenvalue weighted by Crippen LogP contribution is -2.08. The van der Waals surface area contributed by atoms with Gasteiger partial charge in [-0.3, -0.25) is 4.98 Å². The highest BCUT2D eigenvalue weighted by Gasteiger charge is 2.20. The van der Waals surface area contributed by atoms with Crippen LogP contribution in [0, 0.1) is 0 Å². The highest BCUT2D eigenvalue weighted by Crippen LogP contribution is 2.39. The highest BCUT2D eigenvalue weighted by atomic mass is 15.0. The Bertz CT molecular complexity index is 2840. The number of rotatable bonds is 7. The molecule has 5 nitrogen and oxygen atoms in total. The zero-order valence-corrected chi connectivity index (χ0v) is 30.0. The van der Waals surface area contributed by atoms with Crippen molar-refractivity contribution in [3.8, 4) is 62.0 Å². The van der Waals surface area contributed by atoms with Crippen LogP contribution in [0.1, 0.15) is 18.2 Å². The summed E-state index contributed by atoms with van der Waals surface area (Å²) in [5.74, 6) is 2.14. The molecular formula is C50H35N5. The van der Waals surface area contributed by atoms with Crippen molar-refractivity contribution in [2.75, 3.05) is 0 Å². The third-order valence-electron chi connectivity index (χ3n) is 10.4. The highest BCUT2D eigenvalue weighted by molar-refractivity contribution is 6.09. The maximum atomic E-state index is 5.21. The van der Waals surface area contributed by atoms with Crippen LogP contribution in [0.15, 0.2) is 194 Å². The monoisotopic (exact) mass is 705 g/mol. The van der Waals surface area contributed by atoms with E-state index >= 15 is 0 Å². The molecule has 0 aliphatic heterocycles. The second-order valence-corrected chi connectivity index (χ2v) is 13.8. The van der Waals surface area contributed by atoms with Crippen molar-refractivity contribution in [1.82, 2.24) is 24.5 Å². The number of hydrogen-bond donors (Lipinski definition) is 0. The standard InChI is InChI=1S/C50H35N5/c1-3-15-36(16-4-1)48-52-49(37-17-5-2-6-18-37)54-50(53-48)40-32-38(34-26-28-35(29-27-34)44-22-13-14-30-51-44)31-39(33-40)41-19-7-10-23-45(41)55-46-24-11-8-20-42(46)43-21-9-12-25-47(43)55/h1-17,19-33,37H,18H2. The molecule has 0 saturated heterocycles. The summed E-state index contributed by atoms with van der Waals surface area (Å²) in [5, 5.41) is 2.46. The van der Waals surface area contributed by atoms with Crippen molar-refractivity contribution in [2.24, 2.45) is 0 Å². The van der Waals surface area contributed by atoms with E-state index in [0.29, 0.717) is 11.6 Å². The van der Waals surface area contributed by atoms with Gasteiger partial charge in [0.05, 0.1) is 22.4 Å². The van der Waals surface area contributed by atoms with Crippen molar-refractivity contribution in [2.45, 2.75) is 12.3 Å². The first kappa shape index (κ1) is 32.4. The minimum absolute atomic E-state index is 0.0621. The summed E-state index contributed by atoms with van der Waals surface area (Å²) in [6, 6.07) is 57.6. The lowest BCUT2D eigenvalue weighted by molar-refractivity contribution is 0.764. The van der Waals surface area contributed by atoms with Crippen LogP contribution in [-0.2, 0) is 0 Å². The van der Waals surface area contributed by atoms with Crippen LogP contribution in [0.3, 0.4) is 0 Å². The maximum Gasteiger partial charge on any atom is 0.163 e. The van der Waals surface area contributed by atoms with Gasteiger partial charge in [-0.25, -0.2) is 15.0 Å². The third kappa shape index (κ3) is 6.12. The van der Waals surface area contributed by atoms with Gasteiger partial charge in [0.15, 0.2) is 11.6 Å². The Kier molecular flexibility index (Phi) is 8.23. The van der Waals surface area contributed by atoms with Crippen LogP contribution in [0.4, 0.5) is 0 Å². The van der Waals surface area contributed by atoms with E-state index in [0.717, 1.165) is 62.6 Å². The first-order chi connectivity index (χ1) is 27.3. The first-order valence-corrected chi connectivity index (χ1v) is 18.7. The maximum absolute atomic E-state index is 5.21. The fourth-order valence-electron chi connectivity index (χ4n) is 7.72. The molecule has 9 aromatic rings. The molecule has 6 aromatic carbocycles. The average Bonchev–Trinajstić information content (AvgIpc) is 3.61. The Morgan fingerprint density at radius 2 is 1.11 bits per heavy atom. The summed E-state index contributed by atoms with van der Waals surface area (Å²) in [6.45, 7) is 0. The predicted octanol–water partition coefficient (Wildman–Crippen LogP) is 12.3. The molecule has 0 saturated carbocycles. The molecule has 0 fully saturated rings. The van der Waals surface area contributed by atoms with Crippen LogP contribution in [0.5, 0.6) is 0 Å². The molecule has 55 heavy (non-hydrogen) atoms. The lowest BCUT2D eigenvalue weighted by Gasteiger charge is -2.17. The van der Waals surface area contributed by atoms with Gasteiger partial charge in [0, 0.05) is 45.1 Å². The van der Waals surface area contributed by atoms with Gasteiger partial charge in [-0.1, -0.05) is 140 Å². The summed E-state index contributed by atoms with van der Waals surface area (Å²) >= 11 is 0. The largest absolute Gasteiger partial charge is 0.309 e. The normalized spacial score (nSPS) is 13.8. The van der Waals surface area contributed by atoms with Crippen molar-refractivity contribution < 1.29 is 0 Å². The Morgan fingerprint density at radius 1 is 0.473 bits per heavy atom. The number of allylic oxidation sites excluding steroid dienone is 4. The Balaban J connectivity index is 1.20. The lowest BCUT2D eigenvalue weighted by atomic mass is 9.94. The zero-order chi connectivity index (χ0) is 36.6. The number of nitrogens with zero attached hydrogens (tertiary/aromatic N) is 5. The van der Waals surface area contributed by atoms with E-state index in [9.17, 15) is 0 Å². The van der Waals surface area contributed by atoms with Crippen molar-refractivity contribution >= 4 is 21.8 Å². The summed E-state index contributed by atoms with van der Waals surface area (Å²) in [5.41, 5.74) is 11.7. The Morgan fingerprint density at radius 3 is 1.84 bits per heavy atom. The summed E-state index contributed by atoms with van der Waals surface area (Å²) in [4.78, 5) is 20.0. The van der Waals surface area contributed by atoms with Gasteiger partial charge in [0.2, 0.25) is 0 Å². The minimum Gasteiger partial charge on any atom is -0.309 e. The third-order valence-corrected chi connectivity index (χ3v) is 10.4. The molecule has 1 unspecified atom stereocenters. The van der Waals surface area contributed by atoms with Gasteiger partial charge >= 0.3 is 0 Å². The van der Waals surface area contributed by atoms with E-state index in [1.165, 1.54) is 21.8 Å². The molecule has 1 aliphatic rings. The molecule has 0 bridgehead atoms. The molecule has 10 rings (SSSR count). The molecule has 0 spiro atoms. The molecule has 0 N–H and O–H groups in total. The van der Waals surface area contributed by atoms with Gasteiger partial charge in [-0.15, -0.1) is 0 Å². The molecule has 260 valence electrons. The molecule has 0 amide bonds. The van der Waals surface area contributed by atoms with E-state index in [4.69, 9.17) is 15.0 Å². The zero-order valence-electron chi connectivity index (χ0n) is 30.0. The molecule has 1 aliphatic carbocycles. The van der Waals surface area contributed by atoms with Gasteiger partial charge in [0.25, 0.3) is 0 Å². The Labute approximate surface area is 319 Å². The SMILES string of the molecule is C1=CCC(c2nc(-c3ccccc3)nc(-c3cc(-c4ccc(-c5ccccn5)cc4)cc(-c4ccccc4-n4c5ccccc5c5ccccc54)c3)n2)C=C1. The van der Waals surface area contributed by atoms with E-state index in [2.05, 4.69) is 161 Å². The van der Waals surface area contributed by atoms with E-state index in [1.807, 2.05) is 42.6 Å². The Hall–Kier alpha value is -7.24. The summed E-state index contributed by atoms with van der Waals surface area (Å²) in [7, 11) is 0. The number of para-hydroxylation sites is 3. The van der Waals surface area contributed by atoms with Crippen LogP contribution in [0.2, 0.25) is 0 Å². The molecule has 1 atom stereocenters. The number of aromatic nitrogens is 5. The van der Waals surface area contributed by atoms with E-state index in [-0.39, 0.29) is 5.92 Å². The van der Waals surface area contributed by atoms with Crippen LogP contribution in [-0.4, -0.2) is 24.5 Å². The van der Waals surface area contributed by atoms with Crippen molar-refractivity contribution in [3.05, 3.63) is 200 Å². The molecule has 5 heteroatoms. The molecule has 3 aromatic heterocycles. The predicted molar refractivity (Wildman–Crippen MR) is 225 cm³/mol. The minimum atomic E-state index is 0.0621. The summed E-state index contributed by atoms with van der Waals surface area (Å²) in [6.07, 6.45) is 11.2. The first-order valence-electron chi connectivity index (χ1n) is 18.7. The number of benzene rings is 6. The van der Waals surface area contributed by atoms with E-state index < -0.39 is 0 Å². The number of pyridine rings is 1. The fourth-order valence-corrected chi connectivity index (χ4v) is 7.72. The average molecular weight is 706 g/mol. The smallest absolute Gasteiger partial charge is 0.163 e. The van der Waals surface area contributed by atoms with Crippen molar-refractivity contribution in [1.29, 1.82) is 0 Å². The van der Waals surface area contributed by atoms with Crippen LogP contribution >= 0.6 is 0 Å². The van der Waals surface area contributed by atoms with E-state index in [1.54, 1.807) is 0 Å². The van der Waals surface area contributed by atoms with Crippen LogP contribution < -0.4 is 0 Å². The van der Waals surface area contributed by atoms with Crippen molar-refractivity contribution in [3.63, 3.8) is 0 Å². The number of fused-ring (bicyclic) bond motifs is 3. The quantitative estimate of drug-likeness (QED) is 0.166. The second-order valence-electron chi connectivity index (χ2n) is 13.8. The summed E-state index contributed by atoms with van der Waals surface area (Å²) < 4.78 is 2.39. The van der Waals surface area contributed by atoms with Crippen LogP contribution in [0.25, 0.3) is 83.8 Å². The van der Waals surface area contributed by atoms with Gasteiger partial charge < -0.3 is 4.57 Å². The number of hydrogen-bond acceptors (Lipinski definition) is 4. The second kappa shape index (κ2) is 14.0. The molecule has 3 heterocycles. The fraction of sp³-hybridized carbons (Fsp3) is 0.0400. The van der Waals surface area contributed by atoms with Gasteiger partial charge in [0.1, 0.15) is 5.82 Å².